The zero-order valence-electron chi connectivity index (χ0n) is 16.3. The molecule has 4 rings (SSSR count). The maximum atomic E-state index is 12.8. The Labute approximate surface area is 170 Å². The lowest BCUT2D eigenvalue weighted by molar-refractivity contribution is 0.0953. The summed E-state index contributed by atoms with van der Waals surface area (Å²) in [7, 11) is -3.55. The first-order valence-corrected chi connectivity index (χ1v) is 11.2. The van der Waals surface area contributed by atoms with Gasteiger partial charge in [-0.05, 0) is 61.6 Å². The predicted molar refractivity (Wildman–Crippen MR) is 108 cm³/mol. The average Bonchev–Trinajstić information content (AvgIpc) is 3.40. The molecule has 0 aromatic heterocycles. The van der Waals surface area contributed by atoms with Crippen LogP contribution in [0.5, 0.6) is 11.5 Å². The summed E-state index contributed by atoms with van der Waals surface area (Å²) < 4.78 is 37.7. The number of nitrogens with one attached hydrogen (secondary N) is 1. The van der Waals surface area contributed by atoms with Crippen molar-refractivity contribution in [2.75, 3.05) is 26.4 Å². The summed E-state index contributed by atoms with van der Waals surface area (Å²) in [6.45, 7) is 3.53. The molecule has 1 N–H and O–H groups in total. The standard InChI is InChI=1S/C21H24N2O5S/c1-15-4-6-17(29(25,26)23-10-2-3-11-23)13-18(15)21(24)22-9-8-16-5-7-19-20(12-16)28-14-27-19/h4-7,12-13H,2-3,8-11,14H2,1H3,(H,22,24). The number of carbonyl (C=O) groups is 1. The first-order valence-electron chi connectivity index (χ1n) is 9.73. The Morgan fingerprint density at radius 2 is 1.83 bits per heavy atom. The second kappa shape index (κ2) is 8.04. The van der Waals surface area contributed by atoms with E-state index in [2.05, 4.69) is 5.32 Å². The molecule has 0 radical (unpaired) electrons. The quantitative estimate of drug-likeness (QED) is 0.782. The van der Waals surface area contributed by atoms with E-state index in [0.717, 1.165) is 29.7 Å². The number of aryl methyl sites for hydroxylation is 1. The Morgan fingerprint density at radius 1 is 1.07 bits per heavy atom. The topological polar surface area (TPSA) is 84.9 Å². The van der Waals surface area contributed by atoms with Crippen LogP contribution in [0.15, 0.2) is 41.3 Å². The fourth-order valence-corrected chi connectivity index (χ4v) is 5.14. The van der Waals surface area contributed by atoms with Crippen LogP contribution in [0.1, 0.15) is 34.3 Å². The molecule has 0 unspecified atom stereocenters. The largest absolute Gasteiger partial charge is 0.454 e. The highest BCUT2D eigenvalue weighted by Crippen LogP contribution is 2.32. The smallest absolute Gasteiger partial charge is 0.251 e. The van der Waals surface area contributed by atoms with Crippen LogP contribution in [0.25, 0.3) is 0 Å². The Morgan fingerprint density at radius 3 is 2.62 bits per heavy atom. The highest BCUT2D eigenvalue weighted by molar-refractivity contribution is 7.89. The molecule has 2 aromatic rings. The third-order valence-electron chi connectivity index (χ3n) is 5.29. The van der Waals surface area contributed by atoms with Crippen molar-refractivity contribution in [3.63, 3.8) is 0 Å². The van der Waals surface area contributed by atoms with Crippen molar-refractivity contribution in [3.8, 4) is 11.5 Å². The van der Waals surface area contributed by atoms with Crippen molar-refractivity contribution < 1.29 is 22.7 Å². The Kier molecular flexibility index (Phi) is 5.47. The van der Waals surface area contributed by atoms with Gasteiger partial charge in [0.25, 0.3) is 5.91 Å². The Balaban J connectivity index is 1.43. The molecule has 2 aromatic carbocycles. The van der Waals surface area contributed by atoms with E-state index in [9.17, 15) is 13.2 Å². The fourth-order valence-electron chi connectivity index (χ4n) is 3.60. The summed E-state index contributed by atoms with van der Waals surface area (Å²) in [6.07, 6.45) is 2.38. The van der Waals surface area contributed by atoms with Crippen LogP contribution in [0.4, 0.5) is 0 Å². The maximum Gasteiger partial charge on any atom is 0.251 e. The molecule has 8 heteroatoms. The van der Waals surface area contributed by atoms with Crippen molar-refractivity contribution in [1.82, 2.24) is 9.62 Å². The molecule has 0 bridgehead atoms. The number of sulfonamides is 1. The monoisotopic (exact) mass is 416 g/mol. The lowest BCUT2D eigenvalue weighted by Gasteiger charge is -2.17. The van der Waals surface area contributed by atoms with Gasteiger partial charge in [-0.25, -0.2) is 8.42 Å². The number of carbonyl (C=O) groups excluding carboxylic acids is 1. The van der Waals surface area contributed by atoms with E-state index in [1.54, 1.807) is 19.1 Å². The first kappa shape index (κ1) is 19.7. The van der Waals surface area contributed by atoms with Crippen molar-refractivity contribution in [2.24, 2.45) is 0 Å². The number of nitrogens with zero attached hydrogens (tertiary/aromatic N) is 1. The summed E-state index contributed by atoms with van der Waals surface area (Å²) >= 11 is 0. The number of fused-ring (bicyclic) bond motifs is 1. The SMILES string of the molecule is Cc1ccc(S(=O)(=O)N2CCCC2)cc1C(=O)NCCc1ccc2c(c1)OCO2. The van der Waals surface area contributed by atoms with Crippen LogP contribution in [0.2, 0.25) is 0 Å². The summed E-state index contributed by atoms with van der Waals surface area (Å²) in [5.74, 6) is 1.16. The van der Waals surface area contributed by atoms with E-state index in [1.165, 1.54) is 10.4 Å². The molecule has 2 aliphatic heterocycles. The Bertz CT molecular complexity index is 1030. The van der Waals surface area contributed by atoms with Crippen LogP contribution in [0, 0.1) is 6.92 Å². The molecule has 29 heavy (non-hydrogen) atoms. The van der Waals surface area contributed by atoms with Crippen LogP contribution in [0.3, 0.4) is 0 Å². The highest BCUT2D eigenvalue weighted by Gasteiger charge is 2.28. The van der Waals surface area contributed by atoms with Gasteiger partial charge in [0.15, 0.2) is 11.5 Å². The van der Waals surface area contributed by atoms with Gasteiger partial charge in [-0.3, -0.25) is 4.79 Å². The number of hydrogen-bond acceptors (Lipinski definition) is 5. The number of rotatable bonds is 6. The third-order valence-corrected chi connectivity index (χ3v) is 7.19. The molecule has 0 spiro atoms. The highest BCUT2D eigenvalue weighted by atomic mass is 32.2. The minimum absolute atomic E-state index is 0.172. The van der Waals surface area contributed by atoms with Gasteiger partial charge < -0.3 is 14.8 Å². The normalized spacial score (nSPS) is 16.2. The van der Waals surface area contributed by atoms with Crippen molar-refractivity contribution in [1.29, 1.82) is 0 Å². The number of ether oxygens (including phenoxy) is 2. The zero-order valence-corrected chi connectivity index (χ0v) is 17.1. The molecular formula is C21H24N2O5S. The number of hydrogen-bond donors (Lipinski definition) is 1. The van der Waals surface area contributed by atoms with E-state index in [1.807, 2.05) is 18.2 Å². The molecule has 1 saturated heterocycles. The van der Waals surface area contributed by atoms with E-state index < -0.39 is 10.0 Å². The molecule has 1 amide bonds. The molecular weight excluding hydrogens is 392 g/mol. The van der Waals surface area contributed by atoms with E-state index in [0.29, 0.717) is 37.4 Å². The lowest BCUT2D eigenvalue weighted by Crippen LogP contribution is -2.29. The molecule has 0 atom stereocenters. The first-order chi connectivity index (χ1) is 13.9. The van der Waals surface area contributed by atoms with Crippen LogP contribution in [-0.2, 0) is 16.4 Å². The molecule has 2 aliphatic rings. The van der Waals surface area contributed by atoms with E-state index in [-0.39, 0.29) is 17.6 Å². The van der Waals surface area contributed by atoms with Gasteiger partial charge in [-0.15, -0.1) is 0 Å². The van der Waals surface area contributed by atoms with Gasteiger partial charge in [0, 0.05) is 25.2 Å². The second-order valence-corrected chi connectivity index (χ2v) is 9.22. The average molecular weight is 416 g/mol. The van der Waals surface area contributed by atoms with Gasteiger partial charge in [-0.2, -0.15) is 4.31 Å². The molecule has 154 valence electrons. The third kappa shape index (κ3) is 4.09. The molecule has 0 aliphatic carbocycles. The summed E-state index contributed by atoms with van der Waals surface area (Å²) in [5.41, 5.74) is 2.15. The summed E-state index contributed by atoms with van der Waals surface area (Å²) in [4.78, 5) is 12.9. The van der Waals surface area contributed by atoms with Crippen LogP contribution in [-0.4, -0.2) is 45.1 Å². The summed E-state index contributed by atoms with van der Waals surface area (Å²) in [5, 5.41) is 2.88. The van der Waals surface area contributed by atoms with Gasteiger partial charge in [0.1, 0.15) is 0 Å². The van der Waals surface area contributed by atoms with Gasteiger partial charge in [0.2, 0.25) is 16.8 Å². The lowest BCUT2D eigenvalue weighted by atomic mass is 10.1. The Hall–Kier alpha value is -2.58. The molecule has 0 saturated carbocycles. The zero-order chi connectivity index (χ0) is 20.4. The van der Waals surface area contributed by atoms with Gasteiger partial charge >= 0.3 is 0 Å². The van der Waals surface area contributed by atoms with Crippen LogP contribution < -0.4 is 14.8 Å². The van der Waals surface area contributed by atoms with Crippen molar-refractivity contribution in [2.45, 2.75) is 31.1 Å². The minimum atomic E-state index is -3.55. The number of amides is 1. The molecule has 1 fully saturated rings. The molecule has 7 nitrogen and oxygen atoms in total. The van der Waals surface area contributed by atoms with Crippen molar-refractivity contribution in [3.05, 3.63) is 53.1 Å². The molecule has 2 heterocycles. The van der Waals surface area contributed by atoms with Crippen LogP contribution >= 0.6 is 0 Å². The second-order valence-electron chi connectivity index (χ2n) is 7.28. The number of benzene rings is 2. The minimum Gasteiger partial charge on any atom is -0.454 e. The van der Waals surface area contributed by atoms with Gasteiger partial charge in [-0.1, -0.05) is 12.1 Å². The predicted octanol–water partition coefficient (Wildman–Crippen LogP) is 2.48. The summed E-state index contributed by atoms with van der Waals surface area (Å²) in [6, 6.07) is 10.5. The van der Waals surface area contributed by atoms with Gasteiger partial charge in [0.05, 0.1) is 4.90 Å². The van der Waals surface area contributed by atoms with Crippen molar-refractivity contribution >= 4 is 15.9 Å². The fraction of sp³-hybridized carbons (Fsp3) is 0.381. The maximum absolute atomic E-state index is 12.8. The van der Waals surface area contributed by atoms with E-state index >= 15 is 0 Å². The van der Waals surface area contributed by atoms with E-state index in [4.69, 9.17) is 9.47 Å².